The normalized spacial score (nSPS) is 20.4. The first-order valence-electron chi connectivity index (χ1n) is 6.51. The van der Waals surface area contributed by atoms with Gasteiger partial charge in [-0.05, 0) is 25.8 Å². The van der Waals surface area contributed by atoms with E-state index >= 15 is 0 Å². The van der Waals surface area contributed by atoms with Crippen LogP contribution in [0.1, 0.15) is 31.4 Å². The number of amides is 1. The molecule has 0 radical (unpaired) electrons. The number of rotatable bonds is 3. The number of aliphatic hydroxyl groups excluding tert-OH is 1. The highest BCUT2D eigenvalue weighted by Crippen LogP contribution is 2.34. The molecule has 0 bridgehead atoms. The number of halogens is 1. The van der Waals surface area contributed by atoms with Crippen LogP contribution < -0.4 is 10.2 Å². The third kappa shape index (κ3) is 2.56. The highest BCUT2D eigenvalue weighted by Gasteiger charge is 2.33. The molecule has 1 aliphatic rings. The van der Waals surface area contributed by atoms with Crippen LogP contribution in [-0.4, -0.2) is 30.6 Å². The number of aliphatic hydroxyl groups is 1. The Hall–Kier alpha value is -1.62. The summed E-state index contributed by atoms with van der Waals surface area (Å²) in [6, 6.07) is 4.27. The number of nitrogens with zero attached hydrogens (tertiary/aromatic N) is 1. The fraction of sp³-hybridized carbons (Fsp3) is 0.500. The maximum absolute atomic E-state index is 14.1. The molecule has 1 amide bonds. The van der Waals surface area contributed by atoms with Crippen molar-refractivity contribution in [3.63, 3.8) is 0 Å². The average Bonchev–Trinajstić information content (AvgIpc) is 2.86. The molecule has 0 spiro atoms. The Morgan fingerprint density at radius 2 is 2.32 bits per heavy atom. The molecule has 1 unspecified atom stereocenters. The molecule has 19 heavy (non-hydrogen) atoms. The van der Waals surface area contributed by atoms with E-state index in [2.05, 4.69) is 5.32 Å². The molecular formula is C14H19FN2O2. The van der Waals surface area contributed by atoms with Gasteiger partial charge in [-0.2, -0.15) is 0 Å². The maximum atomic E-state index is 14.1. The quantitative estimate of drug-likeness (QED) is 0.873. The number of para-hydroxylation sites is 1. The molecule has 1 aromatic carbocycles. The zero-order valence-electron chi connectivity index (χ0n) is 11.2. The Labute approximate surface area is 112 Å². The summed E-state index contributed by atoms with van der Waals surface area (Å²) >= 11 is 0. The average molecular weight is 266 g/mol. The summed E-state index contributed by atoms with van der Waals surface area (Å²) in [5.74, 6) is -0.508. The van der Waals surface area contributed by atoms with Gasteiger partial charge in [0, 0.05) is 19.2 Å². The van der Waals surface area contributed by atoms with Crippen LogP contribution in [-0.2, 0) is 4.79 Å². The number of anilines is 1. The Bertz CT molecular complexity index is 477. The Kier molecular flexibility index (Phi) is 4.04. The van der Waals surface area contributed by atoms with Gasteiger partial charge in [-0.25, -0.2) is 4.39 Å². The van der Waals surface area contributed by atoms with E-state index in [4.69, 9.17) is 0 Å². The summed E-state index contributed by atoms with van der Waals surface area (Å²) in [7, 11) is 1.58. The molecule has 104 valence electrons. The van der Waals surface area contributed by atoms with Crippen LogP contribution in [0.2, 0.25) is 0 Å². The second-order valence-corrected chi connectivity index (χ2v) is 4.82. The van der Waals surface area contributed by atoms with Crippen molar-refractivity contribution in [2.75, 3.05) is 18.5 Å². The topological polar surface area (TPSA) is 52.6 Å². The predicted octanol–water partition coefficient (Wildman–Crippen LogP) is 1.59. The third-order valence-electron chi connectivity index (χ3n) is 3.56. The molecule has 1 saturated heterocycles. The van der Waals surface area contributed by atoms with E-state index in [1.807, 2.05) is 0 Å². The van der Waals surface area contributed by atoms with Crippen LogP contribution in [0, 0.1) is 5.82 Å². The summed E-state index contributed by atoms with van der Waals surface area (Å²) < 4.78 is 14.1. The first kappa shape index (κ1) is 13.8. The first-order chi connectivity index (χ1) is 9.06. The van der Waals surface area contributed by atoms with Crippen molar-refractivity contribution >= 4 is 11.6 Å². The molecule has 1 aromatic rings. The zero-order valence-corrected chi connectivity index (χ0v) is 11.2. The van der Waals surface area contributed by atoms with E-state index in [1.54, 1.807) is 31.0 Å². The number of hydrogen-bond donors (Lipinski definition) is 2. The number of carbonyl (C=O) groups excluding carboxylic acids is 1. The number of benzene rings is 1. The van der Waals surface area contributed by atoms with E-state index < -0.39 is 11.9 Å². The van der Waals surface area contributed by atoms with Gasteiger partial charge >= 0.3 is 0 Å². The van der Waals surface area contributed by atoms with E-state index in [1.165, 1.54) is 6.07 Å². The van der Waals surface area contributed by atoms with Gasteiger partial charge in [0.05, 0.1) is 11.8 Å². The molecular weight excluding hydrogens is 247 g/mol. The molecule has 1 heterocycles. The molecule has 2 atom stereocenters. The number of likely N-dealkylation sites (N-methyl/N-ethyl adjacent to an activating group) is 1. The minimum Gasteiger partial charge on any atom is -0.389 e. The van der Waals surface area contributed by atoms with Crippen molar-refractivity contribution in [1.82, 2.24) is 5.32 Å². The molecule has 0 saturated carbocycles. The van der Waals surface area contributed by atoms with Crippen molar-refractivity contribution < 1.29 is 14.3 Å². The van der Waals surface area contributed by atoms with Crippen molar-refractivity contribution in [2.24, 2.45) is 0 Å². The van der Waals surface area contributed by atoms with E-state index in [0.717, 1.165) is 6.42 Å². The Morgan fingerprint density at radius 3 is 2.95 bits per heavy atom. The predicted molar refractivity (Wildman–Crippen MR) is 71.5 cm³/mol. The van der Waals surface area contributed by atoms with Crippen LogP contribution in [0.3, 0.4) is 0 Å². The van der Waals surface area contributed by atoms with Crippen LogP contribution in [0.5, 0.6) is 0 Å². The van der Waals surface area contributed by atoms with E-state index in [0.29, 0.717) is 24.2 Å². The highest BCUT2D eigenvalue weighted by atomic mass is 19.1. The minimum absolute atomic E-state index is 0.114. The summed E-state index contributed by atoms with van der Waals surface area (Å²) in [4.78, 5) is 13.6. The summed E-state index contributed by atoms with van der Waals surface area (Å²) in [6.45, 7) is 2.22. The lowest BCUT2D eigenvalue weighted by Crippen LogP contribution is -2.42. The molecule has 4 nitrogen and oxygen atoms in total. The molecule has 1 aliphatic heterocycles. The van der Waals surface area contributed by atoms with Crippen LogP contribution in [0.15, 0.2) is 18.2 Å². The van der Waals surface area contributed by atoms with Gasteiger partial charge in [0.15, 0.2) is 0 Å². The maximum Gasteiger partial charge on any atom is 0.242 e. The monoisotopic (exact) mass is 266 g/mol. The SMILES string of the molecule is CNC(=O)C1CCCN1c1c(F)cccc1[C@H](C)O. The van der Waals surface area contributed by atoms with Crippen LogP contribution in [0.4, 0.5) is 10.1 Å². The second-order valence-electron chi connectivity index (χ2n) is 4.82. The molecule has 2 N–H and O–H groups in total. The molecule has 0 aromatic heterocycles. The third-order valence-corrected chi connectivity index (χ3v) is 3.56. The largest absolute Gasteiger partial charge is 0.389 e. The standard InChI is InChI=1S/C14H19FN2O2/c1-9(18)10-5-3-6-11(15)13(10)17-8-4-7-12(17)14(19)16-2/h3,5-6,9,12,18H,4,7-8H2,1-2H3,(H,16,19)/t9-,12?/m0/s1. The van der Waals surface area contributed by atoms with Gasteiger partial charge in [-0.3, -0.25) is 4.79 Å². The van der Waals surface area contributed by atoms with Crippen LogP contribution in [0.25, 0.3) is 0 Å². The zero-order chi connectivity index (χ0) is 14.0. The fourth-order valence-electron chi connectivity index (χ4n) is 2.65. The van der Waals surface area contributed by atoms with Crippen molar-refractivity contribution in [1.29, 1.82) is 0 Å². The number of carbonyl (C=O) groups is 1. The summed E-state index contributed by atoms with van der Waals surface area (Å²) in [5.41, 5.74) is 0.874. The Morgan fingerprint density at radius 1 is 1.58 bits per heavy atom. The van der Waals surface area contributed by atoms with E-state index in [9.17, 15) is 14.3 Å². The van der Waals surface area contributed by atoms with Crippen molar-refractivity contribution in [2.45, 2.75) is 31.9 Å². The van der Waals surface area contributed by atoms with Crippen molar-refractivity contribution in [3.05, 3.63) is 29.6 Å². The fourth-order valence-corrected chi connectivity index (χ4v) is 2.65. The lowest BCUT2D eigenvalue weighted by atomic mass is 10.1. The minimum atomic E-state index is -0.767. The highest BCUT2D eigenvalue weighted by molar-refractivity contribution is 5.86. The molecule has 1 fully saturated rings. The molecule has 0 aliphatic carbocycles. The van der Waals surface area contributed by atoms with Gasteiger partial charge in [0.2, 0.25) is 5.91 Å². The molecule has 2 rings (SSSR count). The lowest BCUT2D eigenvalue weighted by Gasteiger charge is -2.28. The van der Waals surface area contributed by atoms with Gasteiger partial charge < -0.3 is 15.3 Å². The smallest absolute Gasteiger partial charge is 0.242 e. The van der Waals surface area contributed by atoms with Gasteiger partial charge in [0.1, 0.15) is 11.9 Å². The first-order valence-corrected chi connectivity index (χ1v) is 6.51. The van der Waals surface area contributed by atoms with Gasteiger partial charge in [0.25, 0.3) is 0 Å². The number of nitrogens with one attached hydrogen (secondary N) is 1. The van der Waals surface area contributed by atoms with Gasteiger partial charge in [-0.15, -0.1) is 0 Å². The Balaban J connectivity index is 2.43. The summed E-state index contributed by atoms with van der Waals surface area (Å²) in [6.07, 6.45) is 0.774. The number of hydrogen-bond acceptors (Lipinski definition) is 3. The second kappa shape index (κ2) is 5.57. The lowest BCUT2D eigenvalue weighted by molar-refractivity contribution is -0.121. The van der Waals surface area contributed by atoms with Crippen LogP contribution >= 0.6 is 0 Å². The van der Waals surface area contributed by atoms with E-state index in [-0.39, 0.29) is 11.9 Å². The summed E-state index contributed by atoms with van der Waals surface area (Å²) in [5, 5.41) is 12.4. The van der Waals surface area contributed by atoms with Crippen molar-refractivity contribution in [3.8, 4) is 0 Å². The molecule has 5 heteroatoms. The van der Waals surface area contributed by atoms with Gasteiger partial charge in [-0.1, -0.05) is 12.1 Å².